The van der Waals surface area contributed by atoms with E-state index in [1.807, 2.05) is 25.1 Å². The first kappa shape index (κ1) is 20.8. The van der Waals surface area contributed by atoms with Crippen molar-refractivity contribution in [3.63, 3.8) is 0 Å². The van der Waals surface area contributed by atoms with Crippen LogP contribution in [0.25, 0.3) is 0 Å². The standard InChI is InChI=1S/C21H25ClN2O3S/c1-16-9-11-19(12-10-16)28(26,27)24-13-5-4-7-18(24)14-21(25)23-15-17-6-2-3-8-20(17)22/h2-3,6,8-12,18H,4-5,7,13-15H2,1H3,(H,23,25)/t18-/m1/s1. The van der Waals surface area contributed by atoms with E-state index in [1.165, 1.54) is 4.31 Å². The number of piperidine rings is 1. The van der Waals surface area contributed by atoms with Crippen LogP contribution in [-0.2, 0) is 21.4 Å². The third-order valence-corrected chi connectivity index (χ3v) is 7.39. The minimum Gasteiger partial charge on any atom is -0.352 e. The summed E-state index contributed by atoms with van der Waals surface area (Å²) in [7, 11) is -3.62. The number of rotatable bonds is 6. The molecule has 0 radical (unpaired) electrons. The molecule has 0 bridgehead atoms. The molecule has 0 saturated carbocycles. The monoisotopic (exact) mass is 420 g/mol. The molecule has 1 aliphatic rings. The average molecular weight is 421 g/mol. The molecule has 2 aromatic rings. The van der Waals surface area contributed by atoms with E-state index in [9.17, 15) is 13.2 Å². The Morgan fingerprint density at radius 1 is 1.14 bits per heavy atom. The van der Waals surface area contributed by atoms with Crippen LogP contribution in [0.4, 0.5) is 0 Å². The molecule has 28 heavy (non-hydrogen) atoms. The van der Waals surface area contributed by atoms with Gasteiger partial charge in [-0.05, 0) is 43.5 Å². The van der Waals surface area contributed by atoms with Gasteiger partial charge in [0, 0.05) is 30.6 Å². The number of sulfonamides is 1. The lowest BCUT2D eigenvalue weighted by molar-refractivity contribution is -0.122. The minimum absolute atomic E-state index is 0.148. The molecule has 2 aromatic carbocycles. The molecule has 1 atom stereocenters. The van der Waals surface area contributed by atoms with E-state index >= 15 is 0 Å². The number of amides is 1. The average Bonchev–Trinajstić information content (AvgIpc) is 2.68. The maximum Gasteiger partial charge on any atom is 0.243 e. The van der Waals surface area contributed by atoms with Gasteiger partial charge in [-0.3, -0.25) is 4.79 Å². The van der Waals surface area contributed by atoms with Crippen LogP contribution in [-0.4, -0.2) is 31.2 Å². The predicted octanol–water partition coefficient (Wildman–Crippen LogP) is 3.90. The maximum absolute atomic E-state index is 13.1. The van der Waals surface area contributed by atoms with E-state index in [1.54, 1.807) is 30.3 Å². The maximum atomic E-state index is 13.1. The van der Waals surface area contributed by atoms with Gasteiger partial charge in [0.15, 0.2) is 0 Å². The summed E-state index contributed by atoms with van der Waals surface area (Å²) >= 11 is 6.12. The molecule has 1 heterocycles. The van der Waals surface area contributed by atoms with Gasteiger partial charge in [0.1, 0.15) is 0 Å². The Kier molecular flexibility index (Phi) is 6.75. The molecule has 0 spiro atoms. The smallest absolute Gasteiger partial charge is 0.243 e. The quantitative estimate of drug-likeness (QED) is 0.770. The molecular weight excluding hydrogens is 396 g/mol. The van der Waals surface area contributed by atoms with Gasteiger partial charge in [-0.25, -0.2) is 8.42 Å². The fourth-order valence-corrected chi connectivity index (χ4v) is 5.36. The number of halogens is 1. The lowest BCUT2D eigenvalue weighted by atomic mass is 10.0. The molecule has 1 amide bonds. The van der Waals surface area contributed by atoms with E-state index in [0.717, 1.165) is 24.0 Å². The second-order valence-electron chi connectivity index (χ2n) is 7.15. The van der Waals surface area contributed by atoms with Crippen LogP contribution >= 0.6 is 11.6 Å². The molecule has 0 aromatic heterocycles. The molecular formula is C21H25ClN2O3S. The number of carbonyl (C=O) groups excluding carboxylic acids is 1. The van der Waals surface area contributed by atoms with E-state index < -0.39 is 10.0 Å². The Hall–Kier alpha value is -1.89. The van der Waals surface area contributed by atoms with Crippen molar-refractivity contribution in [3.05, 3.63) is 64.7 Å². The summed E-state index contributed by atoms with van der Waals surface area (Å²) in [6.45, 7) is 2.69. The largest absolute Gasteiger partial charge is 0.352 e. The Morgan fingerprint density at radius 2 is 1.86 bits per heavy atom. The van der Waals surface area contributed by atoms with Gasteiger partial charge in [-0.15, -0.1) is 0 Å². The first-order valence-corrected chi connectivity index (χ1v) is 11.3. The first-order chi connectivity index (χ1) is 13.4. The molecule has 5 nitrogen and oxygen atoms in total. The number of hydrogen-bond acceptors (Lipinski definition) is 3. The molecule has 1 fully saturated rings. The molecule has 1 N–H and O–H groups in total. The summed E-state index contributed by atoms with van der Waals surface area (Å²) in [6.07, 6.45) is 2.56. The number of carbonyl (C=O) groups is 1. The van der Waals surface area contributed by atoms with E-state index in [4.69, 9.17) is 11.6 Å². The number of nitrogens with one attached hydrogen (secondary N) is 1. The first-order valence-electron chi connectivity index (χ1n) is 9.46. The highest BCUT2D eigenvalue weighted by Gasteiger charge is 2.34. The van der Waals surface area contributed by atoms with Crippen LogP contribution in [0.1, 0.15) is 36.8 Å². The number of hydrogen-bond donors (Lipinski definition) is 1. The van der Waals surface area contributed by atoms with Gasteiger partial charge in [-0.1, -0.05) is 53.9 Å². The Labute approximate surface area is 171 Å². The Balaban J connectivity index is 1.68. The summed E-state index contributed by atoms with van der Waals surface area (Å²) < 4.78 is 27.7. The Morgan fingerprint density at radius 3 is 2.57 bits per heavy atom. The van der Waals surface area contributed by atoms with Crippen molar-refractivity contribution in [2.75, 3.05) is 6.54 Å². The molecule has 150 valence electrons. The van der Waals surface area contributed by atoms with Crippen molar-refractivity contribution in [3.8, 4) is 0 Å². The topological polar surface area (TPSA) is 66.5 Å². The zero-order chi connectivity index (χ0) is 20.1. The summed E-state index contributed by atoms with van der Waals surface area (Å²) in [6, 6.07) is 13.9. The highest BCUT2D eigenvalue weighted by Crippen LogP contribution is 2.27. The van der Waals surface area contributed by atoms with Crippen molar-refractivity contribution in [2.45, 2.75) is 50.1 Å². The van der Waals surface area contributed by atoms with Crippen LogP contribution < -0.4 is 5.32 Å². The van der Waals surface area contributed by atoms with Crippen LogP contribution in [0.3, 0.4) is 0 Å². The summed E-state index contributed by atoms with van der Waals surface area (Å²) in [5, 5.41) is 3.46. The van der Waals surface area contributed by atoms with Gasteiger partial charge >= 0.3 is 0 Å². The summed E-state index contributed by atoms with van der Waals surface area (Å²) in [5.41, 5.74) is 1.85. The SMILES string of the molecule is Cc1ccc(S(=O)(=O)N2CCCC[C@@H]2CC(=O)NCc2ccccc2Cl)cc1. The number of nitrogens with zero attached hydrogens (tertiary/aromatic N) is 1. The second kappa shape index (κ2) is 9.07. The van der Waals surface area contributed by atoms with E-state index in [0.29, 0.717) is 24.5 Å². The van der Waals surface area contributed by atoms with Crippen molar-refractivity contribution in [2.24, 2.45) is 0 Å². The van der Waals surface area contributed by atoms with Crippen molar-refractivity contribution < 1.29 is 13.2 Å². The van der Waals surface area contributed by atoms with Crippen LogP contribution in [0.2, 0.25) is 5.02 Å². The van der Waals surface area contributed by atoms with Crippen molar-refractivity contribution >= 4 is 27.5 Å². The van der Waals surface area contributed by atoms with Crippen molar-refractivity contribution in [1.29, 1.82) is 0 Å². The summed E-state index contributed by atoms with van der Waals surface area (Å²) in [4.78, 5) is 12.8. The highest BCUT2D eigenvalue weighted by atomic mass is 35.5. The van der Waals surface area contributed by atoms with E-state index in [-0.39, 0.29) is 23.3 Å². The van der Waals surface area contributed by atoms with Gasteiger partial charge in [0.05, 0.1) is 4.90 Å². The molecule has 0 unspecified atom stereocenters. The number of benzene rings is 2. The molecule has 3 rings (SSSR count). The lowest BCUT2D eigenvalue weighted by Gasteiger charge is -2.34. The number of aryl methyl sites for hydroxylation is 1. The second-order valence-corrected chi connectivity index (χ2v) is 9.45. The third-order valence-electron chi connectivity index (χ3n) is 5.06. The summed E-state index contributed by atoms with van der Waals surface area (Å²) in [5.74, 6) is -0.170. The normalized spacial score (nSPS) is 18.0. The molecule has 1 saturated heterocycles. The third kappa shape index (κ3) is 4.93. The zero-order valence-electron chi connectivity index (χ0n) is 15.9. The van der Waals surface area contributed by atoms with Gasteiger partial charge in [0.2, 0.25) is 15.9 Å². The fourth-order valence-electron chi connectivity index (χ4n) is 3.46. The van der Waals surface area contributed by atoms with Crippen LogP contribution in [0.15, 0.2) is 53.4 Å². The fraction of sp³-hybridized carbons (Fsp3) is 0.381. The van der Waals surface area contributed by atoms with Gasteiger partial charge in [0.25, 0.3) is 0 Å². The molecule has 7 heteroatoms. The molecule has 0 aliphatic carbocycles. The van der Waals surface area contributed by atoms with Crippen LogP contribution in [0, 0.1) is 6.92 Å². The minimum atomic E-state index is -3.62. The van der Waals surface area contributed by atoms with Gasteiger partial charge in [-0.2, -0.15) is 4.31 Å². The van der Waals surface area contributed by atoms with Crippen LogP contribution in [0.5, 0.6) is 0 Å². The predicted molar refractivity (Wildman–Crippen MR) is 111 cm³/mol. The Bertz CT molecular complexity index is 929. The lowest BCUT2D eigenvalue weighted by Crippen LogP contribution is -2.45. The highest BCUT2D eigenvalue weighted by molar-refractivity contribution is 7.89. The molecule has 1 aliphatic heterocycles. The van der Waals surface area contributed by atoms with Crippen molar-refractivity contribution in [1.82, 2.24) is 9.62 Å². The van der Waals surface area contributed by atoms with Gasteiger partial charge < -0.3 is 5.32 Å². The zero-order valence-corrected chi connectivity index (χ0v) is 17.5. The van der Waals surface area contributed by atoms with E-state index in [2.05, 4.69) is 5.32 Å².